The Morgan fingerprint density at radius 1 is 1.05 bits per heavy atom. The molecule has 2 nitrogen and oxygen atoms in total. The van der Waals surface area contributed by atoms with Crippen molar-refractivity contribution in [1.29, 1.82) is 0 Å². The number of aliphatic hydroxyl groups excluding tert-OH is 1. The van der Waals surface area contributed by atoms with E-state index in [4.69, 9.17) is 6.42 Å². The highest BCUT2D eigenvalue weighted by atomic mass is 16.3. The quantitative estimate of drug-likeness (QED) is 0.189. The first-order valence-electron chi connectivity index (χ1n) is 16.1. The number of hydrogen-bond acceptors (Lipinski definition) is 2. The second-order valence-electron chi connectivity index (χ2n) is 13.5. The van der Waals surface area contributed by atoms with Gasteiger partial charge in [-0.05, 0) is 110 Å². The third-order valence-electron chi connectivity index (χ3n) is 10.4. The SMILES string of the molecule is C#Cc1ccc(NC(O)C2CC(C)CCCCCC2C(C)(CCC)C(C)=C=CC2CCCCC2C(C)C)cc1. The third-order valence-corrected chi connectivity index (χ3v) is 10.4. The van der Waals surface area contributed by atoms with Crippen LogP contribution in [0.15, 0.2) is 41.6 Å². The minimum atomic E-state index is -0.594. The fourth-order valence-corrected chi connectivity index (χ4v) is 7.87. The number of aliphatic hydroxyl groups is 1. The molecule has 39 heavy (non-hydrogen) atoms. The molecular weight excluding hydrogens is 474 g/mol. The first-order valence-corrected chi connectivity index (χ1v) is 16.1. The molecule has 2 saturated carbocycles. The summed E-state index contributed by atoms with van der Waals surface area (Å²) in [5.41, 5.74) is 7.13. The molecule has 0 spiro atoms. The minimum Gasteiger partial charge on any atom is -0.374 e. The fraction of sp³-hybridized carbons (Fsp3) is 0.703. The molecule has 1 aromatic carbocycles. The highest BCUT2D eigenvalue weighted by molar-refractivity contribution is 5.48. The lowest BCUT2D eigenvalue weighted by molar-refractivity contribution is 0.0243. The maximum atomic E-state index is 11.8. The lowest BCUT2D eigenvalue weighted by Crippen LogP contribution is -2.43. The minimum absolute atomic E-state index is 0.0119. The van der Waals surface area contributed by atoms with Crippen LogP contribution in [0.25, 0.3) is 0 Å². The van der Waals surface area contributed by atoms with Crippen LogP contribution in [-0.4, -0.2) is 11.3 Å². The van der Waals surface area contributed by atoms with Crippen molar-refractivity contribution in [2.24, 2.45) is 40.9 Å². The molecule has 1 aromatic rings. The Bertz CT molecular complexity index is 978. The molecule has 2 aliphatic rings. The van der Waals surface area contributed by atoms with Gasteiger partial charge in [-0.3, -0.25) is 0 Å². The summed E-state index contributed by atoms with van der Waals surface area (Å²) in [6.45, 7) is 14.3. The van der Waals surface area contributed by atoms with Crippen LogP contribution in [0.2, 0.25) is 0 Å². The molecule has 2 aliphatic carbocycles. The van der Waals surface area contributed by atoms with Crippen molar-refractivity contribution < 1.29 is 5.11 Å². The average Bonchev–Trinajstić information content (AvgIpc) is 3.02. The Hall–Kier alpha value is -1.94. The van der Waals surface area contributed by atoms with E-state index in [0.29, 0.717) is 17.8 Å². The summed E-state index contributed by atoms with van der Waals surface area (Å²) >= 11 is 0. The number of nitrogens with one attached hydrogen (secondary N) is 1. The van der Waals surface area contributed by atoms with Gasteiger partial charge in [-0.25, -0.2) is 0 Å². The number of rotatable bonds is 9. The van der Waals surface area contributed by atoms with Crippen LogP contribution in [0.3, 0.4) is 0 Å². The van der Waals surface area contributed by atoms with Crippen molar-refractivity contribution in [2.75, 3.05) is 5.32 Å². The first-order chi connectivity index (χ1) is 18.7. The van der Waals surface area contributed by atoms with Gasteiger partial charge in [0, 0.05) is 17.2 Å². The summed E-state index contributed by atoms with van der Waals surface area (Å²) in [5, 5.41) is 15.3. The van der Waals surface area contributed by atoms with Crippen LogP contribution in [0, 0.1) is 53.3 Å². The zero-order valence-corrected chi connectivity index (χ0v) is 25.9. The van der Waals surface area contributed by atoms with Gasteiger partial charge in [0.2, 0.25) is 0 Å². The van der Waals surface area contributed by atoms with Crippen molar-refractivity contribution in [3.63, 3.8) is 0 Å². The number of benzene rings is 1. The second kappa shape index (κ2) is 15.2. The zero-order valence-electron chi connectivity index (χ0n) is 25.9. The maximum Gasteiger partial charge on any atom is 0.127 e. The van der Waals surface area contributed by atoms with Crippen molar-refractivity contribution in [2.45, 2.75) is 125 Å². The lowest BCUT2D eigenvalue weighted by atomic mass is 9.61. The van der Waals surface area contributed by atoms with E-state index in [-0.39, 0.29) is 11.3 Å². The van der Waals surface area contributed by atoms with Gasteiger partial charge >= 0.3 is 0 Å². The predicted molar refractivity (Wildman–Crippen MR) is 168 cm³/mol. The second-order valence-corrected chi connectivity index (χ2v) is 13.5. The van der Waals surface area contributed by atoms with Crippen LogP contribution < -0.4 is 5.32 Å². The monoisotopic (exact) mass is 531 g/mol. The number of anilines is 1. The van der Waals surface area contributed by atoms with E-state index in [1.807, 2.05) is 24.3 Å². The summed E-state index contributed by atoms with van der Waals surface area (Å²) in [7, 11) is 0. The van der Waals surface area contributed by atoms with Gasteiger partial charge in [0.25, 0.3) is 0 Å². The molecule has 0 heterocycles. The summed E-state index contributed by atoms with van der Waals surface area (Å²) in [6, 6.07) is 7.90. The van der Waals surface area contributed by atoms with Gasteiger partial charge in [-0.15, -0.1) is 12.2 Å². The van der Waals surface area contributed by atoms with Crippen molar-refractivity contribution >= 4 is 5.69 Å². The molecule has 2 heteroatoms. The van der Waals surface area contributed by atoms with E-state index < -0.39 is 6.23 Å². The molecule has 0 aromatic heterocycles. The van der Waals surface area contributed by atoms with E-state index in [0.717, 1.165) is 42.3 Å². The molecule has 2 N–H and O–H groups in total. The van der Waals surface area contributed by atoms with E-state index in [1.54, 1.807) is 0 Å². The van der Waals surface area contributed by atoms with Crippen molar-refractivity contribution in [3.05, 3.63) is 47.2 Å². The molecule has 0 saturated heterocycles. The van der Waals surface area contributed by atoms with Crippen LogP contribution in [0.1, 0.15) is 124 Å². The van der Waals surface area contributed by atoms with Gasteiger partial charge in [-0.2, -0.15) is 0 Å². The van der Waals surface area contributed by atoms with Gasteiger partial charge in [0.05, 0.1) is 0 Å². The van der Waals surface area contributed by atoms with Crippen LogP contribution >= 0.6 is 0 Å². The molecule has 7 atom stereocenters. The van der Waals surface area contributed by atoms with Gasteiger partial charge in [0.1, 0.15) is 6.23 Å². The molecule has 0 aliphatic heterocycles. The Morgan fingerprint density at radius 2 is 1.72 bits per heavy atom. The predicted octanol–water partition coefficient (Wildman–Crippen LogP) is 9.99. The molecule has 2 fully saturated rings. The third kappa shape index (κ3) is 8.52. The standard InChI is InChI=1S/C37H57NO/c1-8-25-37(7,29(6)19-22-31-16-13-14-17-33(31)27(3)4)35-18-12-10-11-15-28(5)26-34(35)36(39)38-32-23-20-30(9-2)21-24-32/h2,20-24,27-28,31,33-36,38-39H,8,10-18,25-26H2,1,3-7H3. The number of terminal acetylenes is 1. The summed E-state index contributed by atoms with van der Waals surface area (Å²) < 4.78 is 0. The smallest absolute Gasteiger partial charge is 0.127 e. The molecule has 0 bridgehead atoms. The van der Waals surface area contributed by atoms with Crippen molar-refractivity contribution in [3.8, 4) is 12.3 Å². The molecule has 0 radical (unpaired) electrons. The number of hydrogen-bond donors (Lipinski definition) is 2. The Balaban J connectivity index is 1.97. The van der Waals surface area contributed by atoms with Gasteiger partial charge < -0.3 is 10.4 Å². The normalized spacial score (nSPS) is 28.5. The fourth-order valence-electron chi connectivity index (χ4n) is 7.87. The lowest BCUT2D eigenvalue weighted by Gasteiger charge is -2.45. The summed E-state index contributed by atoms with van der Waals surface area (Å²) in [6.07, 6.45) is 22.4. The molecular formula is C37H57NO. The van der Waals surface area contributed by atoms with Crippen LogP contribution in [0.5, 0.6) is 0 Å². The molecule has 216 valence electrons. The number of allylic oxidation sites excluding steroid dienone is 1. The molecule has 3 rings (SSSR count). The van der Waals surface area contributed by atoms with E-state index in [2.05, 4.69) is 64.6 Å². The average molecular weight is 532 g/mol. The Labute approximate surface area is 241 Å². The van der Waals surface area contributed by atoms with Crippen LogP contribution in [0.4, 0.5) is 5.69 Å². The van der Waals surface area contributed by atoms with Gasteiger partial charge in [-0.1, -0.05) is 85.5 Å². The van der Waals surface area contributed by atoms with Crippen molar-refractivity contribution in [1.82, 2.24) is 0 Å². The topological polar surface area (TPSA) is 32.3 Å². The first kappa shape index (κ1) is 31.6. The van der Waals surface area contributed by atoms with Crippen LogP contribution in [-0.2, 0) is 0 Å². The highest BCUT2D eigenvalue weighted by Gasteiger charge is 2.43. The van der Waals surface area contributed by atoms with Gasteiger partial charge in [0.15, 0.2) is 0 Å². The summed E-state index contributed by atoms with van der Waals surface area (Å²) in [4.78, 5) is 0. The molecule has 7 unspecified atom stereocenters. The highest BCUT2D eigenvalue weighted by Crippen LogP contribution is 2.49. The molecule has 0 amide bonds. The Morgan fingerprint density at radius 3 is 2.38 bits per heavy atom. The largest absolute Gasteiger partial charge is 0.374 e. The maximum absolute atomic E-state index is 11.8. The zero-order chi connectivity index (χ0) is 28.4. The van der Waals surface area contributed by atoms with E-state index >= 15 is 0 Å². The summed E-state index contributed by atoms with van der Waals surface area (Å²) in [5.74, 6) is 6.04. The van der Waals surface area contributed by atoms with E-state index in [9.17, 15) is 5.11 Å². The van der Waals surface area contributed by atoms with E-state index in [1.165, 1.54) is 63.4 Å². The Kier molecular flexibility index (Phi) is 12.3.